The van der Waals surface area contributed by atoms with Crippen molar-refractivity contribution < 1.29 is 17.9 Å². The molecule has 0 radical (unpaired) electrons. The van der Waals surface area contributed by atoms with Crippen molar-refractivity contribution in [1.82, 2.24) is 4.72 Å². The quantitative estimate of drug-likeness (QED) is 0.859. The summed E-state index contributed by atoms with van der Waals surface area (Å²) in [5.41, 5.74) is 0. The molecular weight excluding hydrogens is 314 g/mol. The van der Waals surface area contributed by atoms with E-state index in [1.165, 1.54) is 12.1 Å². The Balaban J connectivity index is 1.69. The van der Waals surface area contributed by atoms with Crippen LogP contribution in [0.15, 0.2) is 23.1 Å². The van der Waals surface area contributed by atoms with E-state index in [1.54, 1.807) is 6.07 Å². The van der Waals surface area contributed by atoms with E-state index in [-0.39, 0.29) is 10.3 Å². The number of alkyl halides is 1. The molecule has 3 rings (SSSR count). The molecule has 2 unspecified atom stereocenters. The molecule has 0 aromatic heterocycles. The minimum absolute atomic E-state index is 0.175. The van der Waals surface area contributed by atoms with Gasteiger partial charge in [-0.05, 0) is 37.3 Å². The Kier molecular flexibility index (Phi) is 4.28. The zero-order chi connectivity index (χ0) is 14.9. The summed E-state index contributed by atoms with van der Waals surface area (Å²) in [6.45, 7) is 1.35. The summed E-state index contributed by atoms with van der Waals surface area (Å²) in [7, 11) is -3.53. The first-order valence-corrected chi connectivity index (χ1v) is 9.00. The van der Waals surface area contributed by atoms with Crippen LogP contribution in [0.2, 0.25) is 0 Å². The van der Waals surface area contributed by atoms with Crippen LogP contribution in [0, 0.1) is 5.92 Å². The highest BCUT2D eigenvalue weighted by Crippen LogP contribution is 2.32. The lowest BCUT2D eigenvalue weighted by atomic mass is 10.1. The molecule has 0 spiro atoms. The third-order valence-corrected chi connectivity index (χ3v) is 5.68. The van der Waals surface area contributed by atoms with E-state index in [0.29, 0.717) is 37.2 Å². The SMILES string of the molecule is O=S(=O)(NCC1CCC(Cl)C1)c1ccc2c(c1)OCCO2. The van der Waals surface area contributed by atoms with Gasteiger partial charge >= 0.3 is 0 Å². The Morgan fingerprint density at radius 1 is 1.19 bits per heavy atom. The molecule has 116 valence electrons. The summed E-state index contributed by atoms with van der Waals surface area (Å²) < 4.78 is 38.1. The highest BCUT2D eigenvalue weighted by molar-refractivity contribution is 7.89. The summed E-state index contributed by atoms with van der Waals surface area (Å²) in [5.74, 6) is 1.38. The van der Waals surface area contributed by atoms with Crippen LogP contribution >= 0.6 is 11.6 Å². The number of hydrogen-bond donors (Lipinski definition) is 1. The van der Waals surface area contributed by atoms with Gasteiger partial charge in [-0.25, -0.2) is 13.1 Å². The van der Waals surface area contributed by atoms with E-state index in [1.807, 2.05) is 0 Å². The molecule has 1 heterocycles. The number of hydrogen-bond acceptors (Lipinski definition) is 4. The van der Waals surface area contributed by atoms with Crippen LogP contribution in [0.1, 0.15) is 19.3 Å². The molecule has 1 aromatic rings. The van der Waals surface area contributed by atoms with Crippen LogP contribution in [0.3, 0.4) is 0 Å². The molecule has 7 heteroatoms. The highest BCUT2D eigenvalue weighted by Gasteiger charge is 2.25. The van der Waals surface area contributed by atoms with Gasteiger partial charge in [0.1, 0.15) is 13.2 Å². The summed E-state index contributed by atoms with van der Waals surface area (Å²) in [6, 6.07) is 4.68. The summed E-state index contributed by atoms with van der Waals surface area (Å²) in [6.07, 6.45) is 2.79. The Bertz CT molecular complexity index is 619. The maximum absolute atomic E-state index is 12.3. The van der Waals surface area contributed by atoms with Gasteiger partial charge in [-0.2, -0.15) is 0 Å². The minimum Gasteiger partial charge on any atom is -0.486 e. The molecule has 1 N–H and O–H groups in total. The lowest BCUT2D eigenvalue weighted by Gasteiger charge is -2.19. The fraction of sp³-hybridized carbons (Fsp3) is 0.571. The largest absolute Gasteiger partial charge is 0.486 e. The average Bonchev–Trinajstić information content (AvgIpc) is 2.90. The minimum atomic E-state index is -3.53. The number of rotatable bonds is 4. The molecule has 2 atom stereocenters. The first-order valence-electron chi connectivity index (χ1n) is 7.08. The number of benzene rings is 1. The first-order chi connectivity index (χ1) is 10.0. The van der Waals surface area contributed by atoms with E-state index in [0.717, 1.165) is 19.3 Å². The van der Waals surface area contributed by atoms with Crippen molar-refractivity contribution in [3.63, 3.8) is 0 Å². The maximum Gasteiger partial charge on any atom is 0.240 e. The van der Waals surface area contributed by atoms with Crippen LogP contribution in [-0.2, 0) is 10.0 Å². The molecule has 1 saturated carbocycles. The second-order valence-electron chi connectivity index (χ2n) is 5.43. The first kappa shape index (κ1) is 14.9. The monoisotopic (exact) mass is 331 g/mol. The molecular formula is C14H18ClNO4S. The number of fused-ring (bicyclic) bond motifs is 1. The summed E-state index contributed by atoms with van der Waals surface area (Å²) >= 11 is 6.05. The van der Waals surface area contributed by atoms with Gasteiger partial charge in [-0.3, -0.25) is 0 Å². The molecule has 5 nitrogen and oxygen atoms in total. The Hall–Kier alpha value is -0.980. The predicted octanol–water partition coefficient (Wildman–Crippen LogP) is 2.14. The van der Waals surface area contributed by atoms with Gasteiger partial charge < -0.3 is 9.47 Å². The lowest BCUT2D eigenvalue weighted by Crippen LogP contribution is -2.29. The van der Waals surface area contributed by atoms with Crippen molar-refractivity contribution in [3.8, 4) is 11.5 Å². The van der Waals surface area contributed by atoms with Crippen LogP contribution in [0.4, 0.5) is 0 Å². The molecule has 1 aliphatic carbocycles. The van der Waals surface area contributed by atoms with Crippen molar-refractivity contribution in [2.24, 2.45) is 5.92 Å². The number of ether oxygens (including phenoxy) is 2. The van der Waals surface area contributed by atoms with Gasteiger partial charge in [0.15, 0.2) is 11.5 Å². The van der Waals surface area contributed by atoms with E-state index in [2.05, 4.69) is 4.72 Å². The van der Waals surface area contributed by atoms with Gasteiger partial charge in [0.25, 0.3) is 0 Å². The van der Waals surface area contributed by atoms with Gasteiger partial charge in [0, 0.05) is 18.0 Å². The number of nitrogens with one attached hydrogen (secondary N) is 1. The molecule has 2 aliphatic rings. The Morgan fingerprint density at radius 3 is 2.67 bits per heavy atom. The Morgan fingerprint density at radius 2 is 1.95 bits per heavy atom. The fourth-order valence-corrected chi connectivity index (χ4v) is 4.21. The second kappa shape index (κ2) is 6.02. The zero-order valence-corrected chi connectivity index (χ0v) is 13.1. The average molecular weight is 332 g/mol. The second-order valence-corrected chi connectivity index (χ2v) is 7.82. The molecule has 0 bridgehead atoms. The lowest BCUT2D eigenvalue weighted by molar-refractivity contribution is 0.171. The topological polar surface area (TPSA) is 64.6 Å². The van der Waals surface area contributed by atoms with Crippen molar-refractivity contribution in [2.45, 2.75) is 29.5 Å². The molecule has 1 aromatic carbocycles. The smallest absolute Gasteiger partial charge is 0.240 e. The Labute approximate surface area is 129 Å². The molecule has 0 saturated heterocycles. The standard InChI is InChI=1S/C14H18ClNO4S/c15-11-2-1-10(7-11)9-16-21(17,18)12-3-4-13-14(8-12)20-6-5-19-13/h3-4,8,10-11,16H,1-2,5-7,9H2. The molecule has 0 amide bonds. The highest BCUT2D eigenvalue weighted by atomic mass is 35.5. The van der Waals surface area contributed by atoms with E-state index >= 15 is 0 Å². The van der Waals surface area contributed by atoms with Crippen molar-refractivity contribution in [2.75, 3.05) is 19.8 Å². The third-order valence-electron chi connectivity index (χ3n) is 3.86. The van der Waals surface area contributed by atoms with Gasteiger partial charge in [-0.15, -0.1) is 11.6 Å². The molecule has 1 aliphatic heterocycles. The zero-order valence-electron chi connectivity index (χ0n) is 11.5. The number of halogens is 1. The van der Waals surface area contributed by atoms with Crippen LogP contribution in [-0.4, -0.2) is 33.6 Å². The van der Waals surface area contributed by atoms with E-state index in [9.17, 15) is 8.42 Å². The maximum atomic E-state index is 12.3. The predicted molar refractivity (Wildman–Crippen MR) is 79.6 cm³/mol. The molecule has 1 fully saturated rings. The van der Waals surface area contributed by atoms with Crippen LogP contribution < -0.4 is 14.2 Å². The van der Waals surface area contributed by atoms with Crippen molar-refractivity contribution >= 4 is 21.6 Å². The van der Waals surface area contributed by atoms with E-state index < -0.39 is 10.0 Å². The van der Waals surface area contributed by atoms with Crippen molar-refractivity contribution in [3.05, 3.63) is 18.2 Å². The molecule has 21 heavy (non-hydrogen) atoms. The van der Waals surface area contributed by atoms with Crippen LogP contribution in [0.25, 0.3) is 0 Å². The van der Waals surface area contributed by atoms with Crippen LogP contribution in [0.5, 0.6) is 11.5 Å². The summed E-state index contributed by atoms with van der Waals surface area (Å²) in [5, 5.41) is 0.175. The van der Waals surface area contributed by atoms with Crippen molar-refractivity contribution in [1.29, 1.82) is 0 Å². The number of sulfonamides is 1. The van der Waals surface area contributed by atoms with Gasteiger partial charge in [-0.1, -0.05) is 0 Å². The fourth-order valence-electron chi connectivity index (χ4n) is 2.70. The van der Waals surface area contributed by atoms with Gasteiger partial charge in [0.05, 0.1) is 4.90 Å². The normalized spacial score (nSPS) is 25.0. The third kappa shape index (κ3) is 3.44. The van der Waals surface area contributed by atoms with Gasteiger partial charge in [0.2, 0.25) is 10.0 Å². The summed E-state index contributed by atoms with van der Waals surface area (Å²) in [4.78, 5) is 0.201. The van der Waals surface area contributed by atoms with E-state index in [4.69, 9.17) is 21.1 Å².